The van der Waals surface area contributed by atoms with Gasteiger partial charge in [-0.2, -0.15) is 0 Å². The molecule has 2 rings (SSSR count). The molecule has 2 heterocycles. The number of hydrogen-bond acceptors (Lipinski definition) is 5. The zero-order valence-electron chi connectivity index (χ0n) is 21.8. The van der Waals surface area contributed by atoms with Crippen LogP contribution in [0.5, 0.6) is 0 Å². The van der Waals surface area contributed by atoms with Gasteiger partial charge in [-0.15, -0.1) is 5.54 Å². The third-order valence-corrected chi connectivity index (χ3v) is 17.8. The van der Waals surface area contributed by atoms with Gasteiger partial charge in [0, 0.05) is 0 Å². The van der Waals surface area contributed by atoms with Gasteiger partial charge in [-0.25, -0.2) is 0 Å². The molecule has 9 heteroatoms. The quantitative estimate of drug-likeness (QED) is 0.484. The monoisotopic (exact) mass is 484 g/mol. The molecule has 0 aromatic heterocycles. The molecule has 1 N–H and O–H groups in total. The van der Waals surface area contributed by atoms with E-state index in [1.54, 1.807) is 0 Å². The zero-order chi connectivity index (χ0) is 24.0. The Hall–Kier alpha value is 0.0756. The summed E-state index contributed by atoms with van der Waals surface area (Å²) in [5.74, 6) is 3.22. The van der Waals surface area contributed by atoms with E-state index in [-0.39, 0.29) is 28.3 Å². The van der Waals surface area contributed by atoms with E-state index in [0.717, 1.165) is 0 Å². The fraction of sp³-hybridized carbons (Fsp3) is 0.909. The topological polar surface area (TPSA) is 57.2 Å². The van der Waals surface area contributed by atoms with Crippen molar-refractivity contribution >= 4 is 33.0 Å². The minimum atomic E-state index is -2.82. The highest BCUT2D eigenvalue weighted by Gasteiger charge is 2.64. The molecule has 2 saturated heterocycles. The molecule has 0 radical (unpaired) electrons. The number of hydrogen-bond donors (Lipinski definition) is 1. The second-order valence-corrected chi connectivity index (χ2v) is 25.3. The summed E-state index contributed by atoms with van der Waals surface area (Å²) in [6.45, 7) is 24.5. The maximum Gasteiger partial charge on any atom is 0.335 e. The van der Waals surface area contributed by atoms with Gasteiger partial charge in [0.2, 0.25) is 0 Å². The van der Waals surface area contributed by atoms with Gasteiger partial charge in [0.25, 0.3) is 0 Å². The van der Waals surface area contributed by atoms with Gasteiger partial charge in [-0.1, -0.05) is 81.0 Å². The molecular weight excluding hydrogens is 439 g/mol. The van der Waals surface area contributed by atoms with E-state index >= 15 is 0 Å². The molecule has 31 heavy (non-hydrogen) atoms. The fourth-order valence-corrected chi connectivity index (χ4v) is 16.6. The standard InChI is InChI=1S/C22H45BO5Si3/c1-15(2)30(16(3)4)25-14-19-20(27-31(28-30,17(5)6)18(7)8)22(24,21(23)26-19)12-13-29(9,10)11/h15-21,24H,14,23H2,1-11H3/t19-,20-,21-,22+/m1/s1. The van der Waals surface area contributed by atoms with Crippen molar-refractivity contribution in [2.45, 2.75) is 121 Å². The summed E-state index contributed by atoms with van der Waals surface area (Å²) in [6.07, 6.45) is -0.928. The van der Waals surface area contributed by atoms with E-state index < -0.39 is 42.9 Å². The summed E-state index contributed by atoms with van der Waals surface area (Å²) in [5.41, 5.74) is 2.95. The van der Waals surface area contributed by atoms with Gasteiger partial charge in [0.1, 0.15) is 28.1 Å². The highest BCUT2D eigenvalue weighted by Crippen LogP contribution is 2.48. The van der Waals surface area contributed by atoms with E-state index in [1.807, 2.05) is 7.85 Å². The molecule has 0 aromatic rings. The van der Waals surface area contributed by atoms with Crippen molar-refractivity contribution in [3.8, 4) is 11.5 Å². The van der Waals surface area contributed by atoms with Crippen LogP contribution in [0.3, 0.4) is 0 Å². The lowest BCUT2D eigenvalue weighted by molar-refractivity contribution is -0.0437. The summed E-state index contributed by atoms with van der Waals surface area (Å²) in [6, 6.07) is -0.451. The Balaban J connectivity index is 2.65. The Morgan fingerprint density at radius 3 is 1.84 bits per heavy atom. The highest BCUT2D eigenvalue weighted by molar-refractivity contribution is 6.84. The van der Waals surface area contributed by atoms with E-state index in [4.69, 9.17) is 17.7 Å². The van der Waals surface area contributed by atoms with Gasteiger partial charge >= 0.3 is 17.1 Å². The number of fused-ring (bicyclic) bond motifs is 1. The van der Waals surface area contributed by atoms with Crippen molar-refractivity contribution in [2.24, 2.45) is 0 Å². The van der Waals surface area contributed by atoms with Crippen LogP contribution in [0.1, 0.15) is 55.4 Å². The number of ether oxygens (including phenoxy) is 1. The van der Waals surface area contributed by atoms with E-state index in [2.05, 4.69) is 86.5 Å². The van der Waals surface area contributed by atoms with Crippen LogP contribution in [0.4, 0.5) is 0 Å². The van der Waals surface area contributed by atoms with E-state index in [0.29, 0.717) is 6.61 Å². The van der Waals surface area contributed by atoms with Gasteiger partial charge in [0.05, 0.1) is 12.6 Å². The van der Waals surface area contributed by atoms with Crippen molar-refractivity contribution in [2.75, 3.05) is 6.61 Å². The molecule has 2 aliphatic heterocycles. The molecule has 0 spiro atoms. The first-order valence-electron chi connectivity index (χ1n) is 12.0. The van der Waals surface area contributed by atoms with Crippen LogP contribution in [-0.4, -0.2) is 68.6 Å². The van der Waals surface area contributed by atoms with Gasteiger partial charge in [-0.3, -0.25) is 0 Å². The van der Waals surface area contributed by atoms with Crippen molar-refractivity contribution in [1.29, 1.82) is 0 Å². The molecule has 0 amide bonds. The zero-order valence-corrected chi connectivity index (χ0v) is 24.8. The summed E-state index contributed by atoms with van der Waals surface area (Å²) in [7, 11) is -5.22. The molecule has 0 aliphatic carbocycles. The lowest BCUT2D eigenvalue weighted by Crippen LogP contribution is -2.67. The molecule has 2 fully saturated rings. The van der Waals surface area contributed by atoms with Crippen molar-refractivity contribution in [3.05, 3.63) is 0 Å². The minimum absolute atomic E-state index is 0.198. The molecule has 0 saturated carbocycles. The lowest BCUT2D eigenvalue weighted by atomic mass is 9.81. The molecule has 178 valence electrons. The normalized spacial score (nSPS) is 33.2. The lowest BCUT2D eigenvalue weighted by Gasteiger charge is -2.52. The van der Waals surface area contributed by atoms with Crippen LogP contribution < -0.4 is 0 Å². The highest BCUT2D eigenvalue weighted by atomic mass is 28.5. The maximum atomic E-state index is 11.8. The Morgan fingerprint density at radius 1 is 0.935 bits per heavy atom. The largest absolute Gasteiger partial charge is 0.414 e. The smallest absolute Gasteiger partial charge is 0.335 e. The first kappa shape index (κ1) is 27.3. The maximum absolute atomic E-state index is 11.8. The molecule has 5 nitrogen and oxygen atoms in total. The van der Waals surface area contributed by atoms with E-state index in [9.17, 15) is 5.11 Å². The summed E-state index contributed by atoms with van der Waals surface area (Å²) >= 11 is 0. The second kappa shape index (κ2) is 9.38. The third-order valence-electron chi connectivity index (χ3n) is 6.73. The van der Waals surface area contributed by atoms with Gasteiger partial charge in [-0.05, 0) is 22.2 Å². The SMILES string of the molecule is B[C@@H]1O[C@@H]2CO[Si](C(C)C)(C(C)C)O[Si](C(C)C)(C(C)C)O[C@H]2[C@@]1(O)C#C[Si](C)(C)C. The first-order valence-corrected chi connectivity index (χ1v) is 19.4. The number of rotatable bonds is 4. The summed E-state index contributed by atoms with van der Waals surface area (Å²) < 4.78 is 27.3. The third kappa shape index (κ3) is 5.12. The summed E-state index contributed by atoms with van der Waals surface area (Å²) in [5, 5.41) is 11.8. The van der Waals surface area contributed by atoms with Crippen LogP contribution >= 0.6 is 0 Å². The van der Waals surface area contributed by atoms with Gasteiger partial charge in [0.15, 0.2) is 5.60 Å². The average Bonchev–Trinajstić information content (AvgIpc) is 2.82. The Morgan fingerprint density at radius 2 is 1.42 bits per heavy atom. The summed E-state index contributed by atoms with van der Waals surface area (Å²) in [4.78, 5) is 0. The molecule has 0 bridgehead atoms. The molecule has 0 unspecified atom stereocenters. The number of aliphatic hydroxyl groups is 1. The first-order chi connectivity index (χ1) is 14.0. The predicted molar refractivity (Wildman–Crippen MR) is 137 cm³/mol. The van der Waals surface area contributed by atoms with Crippen molar-refractivity contribution < 1.29 is 22.8 Å². The van der Waals surface area contributed by atoms with Crippen molar-refractivity contribution in [1.82, 2.24) is 0 Å². The fourth-order valence-electron chi connectivity index (χ4n) is 4.83. The molecule has 2 aliphatic rings. The second-order valence-electron chi connectivity index (χ2n) is 11.7. The Kier molecular flexibility index (Phi) is 8.26. The predicted octanol–water partition coefficient (Wildman–Crippen LogP) is 3.91. The van der Waals surface area contributed by atoms with Crippen LogP contribution in [-0.2, 0) is 17.7 Å². The van der Waals surface area contributed by atoms with Gasteiger partial charge < -0.3 is 22.8 Å². The Bertz CT molecular complexity index is 681. The van der Waals surface area contributed by atoms with Crippen molar-refractivity contribution in [3.63, 3.8) is 0 Å². The van der Waals surface area contributed by atoms with Crippen LogP contribution in [0.25, 0.3) is 0 Å². The van der Waals surface area contributed by atoms with E-state index in [1.165, 1.54) is 0 Å². The van der Waals surface area contributed by atoms with Crippen LogP contribution in [0.2, 0.25) is 41.8 Å². The molecule has 0 aromatic carbocycles. The average molecular weight is 485 g/mol. The minimum Gasteiger partial charge on any atom is -0.414 e. The van der Waals surface area contributed by atoms with Crippen LogP contribution in [0.15, 0.2) is 0 Å². The Labute approximate surface area is 194 Å². The molecular formula is C22H45BO5Si3. The van der Waals surface area contributed by atoms with Crippen LogP contribution in [0, 0.1) is 11.5 Å². The molecule has 4 atom stereocenters.